The summed E-state index contributed by atoms with van der Waals surface area (Å²) in [5.41, 5.74) is 0.700. The van der Waals surface area contributed by atoms with Crippen LogP contribution in [0.3, 0.4) is 0 Å². The Morgan fingerprint density at radius 2 is 2.06 bits per heavy atom. The zero-order valence-corrected chi connectivity index (χ0v) is 18.0. The number of benzene rings is 1. The van der Waals surface area contributed by atoms with Gasteiger partial charge in [0.15, 0.2) is 11.3 Å². The lowest BCUT2D eigenvalue weighted by Crippen LogP contribution is -2.27. The number of aliphatic hydroxyl groups is 1. The van der Waals surface area contributed by atoms with Gasteiger partial charge in [-0.25, -0.2) is 14.2 Å². The van der Waals surface area contributed by atoms with E-state index >= 15 is 0 Å². The second-order valence-corrected chi connectivity index (χ2v) is 8.32. The Balaban J connectivity index is 1.66. The zero-order chi connectivity index (χ0) is 23.6. The van der Waals surface area contributed by atoms with Crippen LogP contribution >= 0.6 is 0 Å². The van der Waals surface area contributed by atoms with E-state index in [9.17, 15) is 19.1 Å². The minimum absolute atomic E-state index is 0.0854. The largest absolute Gasteiger partial charge is 0.461 e. The summed E-state index contributed by atoms with van der Waals surface area (Å²) in [6.45, 7) is 3.13. The molecule has 2 aromatic heterocycles. The minimum atomic E-state index is -0.893. The molecule has 0 spiro atoms. The van der Waals surface area contributed by atoms with Crippen LogP contribution in [-0.2, 0) is 19.1 Å². The molecule has 33 heavy (non-hydrogen) atoms. The first-order valence-electron chi connectivity index (χ1n) is 10.2. The standard InChI is InChI=1S/C24H22FN3O5/c1-24(2,12-29)13-32-23(31)19-20(30)18(10-14-11-27-21-17(14)4-3-9-26-21)33-22(19)28-16-7-5-15(25)6-8-16/h3-11,28-29H,12-13H2,1-2H3,(H,26,27)/b18-10-. The summed E-state index contributed by atoms with van der Waals surface area (Å²) in [7, 11) is 0. The van der Waals surface area contributed by atoms with Crippen molar-refractivity contribution in [2.75, 3.05) is 18.5 Å². The van der Waals surface area contributed by atoms with Crippen LogP contribution in [0.4, 0.5) is 10.1 Å². The molecule has 1 aliphatic heterocycles. The molecule has 170 valence electrons. The first-order chi connectivity index (χ1) is 15.8. The molecule has 0 saturated heterocycles. The van der Waals surface area contributed by atoms with Crippen molar-refractivity contribution >= 4 is 34.5 Å². The maximum absolute atomic E-state index is 13.3. The van der Waals surface area contributed by atoms with Crippen LogP contribution < -0.4 is 5.32 Å². The summed E-state index contributed by atoms with van der Waals surface area (Å²) < 4.78 is 24.3. The third-order valence-electron chi connectivity index (χ3n) is 4.99. The van der Waals surface area contributed by atoms with Crippen molar-refractivity contribution in [3.63, 3.8) is 0 Å². The van der Waals surface area contributed by atoms with Crippen LogP contribution in [0, 0.1) is 11.2 Å². The average Bonchev–Trinajstić information content (AvgIpc) is 3.35. The van der Waals surface area contributed by atoms with E-state index in [1.54, 1.807) is 32.3 Å². The Bertz CT molecular complexity index is 1270. The summed E-state index contributed by atoms with van der Waals surface area (Å²) in [5.74, 6) is -2.20. The maximum atomic E-state index is 13.3. The highest BCUT2D eigenvalue weighted by Crippen LogP contribution is 2.30. The number of esters is 1. The van der Waals surface area contributed by atoms with Crippen molar-refractivity contribution in [2.45, 2.75) is 13.8 Å². The van der Waals surface area contributed by atoms with Gasteiger partial charge >= 0.3 is 5.97 Å². The number of nitrogens with zero attached hydrogens (tertiary/aromatic N) is 1. The number of hydrogen-bond acceptors (Lipinski definition) is 7. The van der Waals surface area contributed by atoms with Crippen molar-refractivity contribution in [2.24, 2.45) is 5.41 Å². The molecule has 0 fully saturated rings. The maximum Gasteiger partial charge on any atom is 0.347 e. The second-order valence-electron chi connectivity index (χ2n) is 8.32. The third kappa shape index (κ3) is 4.78. The number of anilines is 1. The number of aromatic nitrogens is 2. The quantitative estimate of drug-likeness (QED) is 0.286. The van der Waals surface area contributed by atoms with Gasteiger partial charge in [0, 0.05) is 34.4 Å². The summed E-state index contributed by atoms with van der Waals surface area (Å²) in [6, 6.07) is 8.96. The lowest BCUT2D eigenvalue weighted by atomic mass is 9.96. The Kier molecular flexibility index (Phi) is 5.97. The molecule has 4 rings (SSSR count). The van der Waals surface area contributed by atoms with Crippen molar-refractivity contribution in [1.29, 1.82) is 0 Å². The first kappa shape index (κ1) is 22.2. The molecule has 0 bridgehead atoms. The lowest BCUT2D eigenvalue weighted by molar-refractivity contribution is -0.143. The van der Waals surface area contributed by atoms with Crippen LogP contribution in [-0.4, -0.2) is 40.0 Å². The van der Waals surface area contributed by atoms with Gasteiger partial charge in [-0.2, -0.15) is 0 Å². The molecule has 1 aromatic carbocycles. The molecule has 0 radical (unpaired) electrons. The number of rotatable bonds is 7. The highest BCUT2D eigenvalue weighted by atomic mass is 19.1. The predicted molar refractivity (Wildman–Crippen MR) is 119 cm³/mol. The van der Waals surface area contributed by atoms with Gasteiger partial charge in [-0.05, 0) is 42.5 Å². The molecular weight excluding hydrogens is 429 g/mol. The van der Waals surface area contributed by atoms with E-state index in [0.717, 1.165) is 5.39 Å². The third-order valence-corrected chi connectivity index (χ3v) is 4.99. The molecule has 0 saturated carbocycles. The van der Waals surface area contributed by atoms with Crippen LogP contribution in [0.5, 0.6) is 0 Å². The fraction of sp³-hybridized carbons (Fsp3) is 0.208. The number of ketones is 1. The molecular formula is C24H22FN3O5. The van der Waals surface area contributed by atoms with Crippen molar-refractivity contribution in [3.8, 4) is 0 Å². The van der Waals surface area contributed by atoms with Gasteiger partial charge in [0.25, 0.3) is 0 Å². The van der Waals surface area contributed by atoms with Gasteiger partial charge in [0.2, 0.25) is 11.7 Å². The Morgan fingerprint density at radius 1 is 1.30 bits per heavy atom. The van der Waals surface area contributed by atoms with Crippen LogP contribution in [0.2, 0.25) is 0 Å². The van der Waals surface area contributed by atoms with Gasteiger partial charge in [-0.3, -0.25) is 4.79 Å². The van der Waals surface area contributed by atoms with Crippen LogP contribution in [0.25, 0.3) is 17.1 Å². The molecule has 3 heterocycles. The lowest BCUT2D eigenvalue weighted by Gasteiger charge is -2.20. The Hall–Kier alpha value is -3.98. The topological polar surface area (TPSA) is 114 Å². The number of carbonyl (C=O) groups excluding carboxylic acids is 2. The average molecular weight is 451 g/mol. The van der Waals surface area contributed by atoms with E-state index in [4.69, 9.17) is 9.47 Å². The van der Waals surface area contributed by atoms with Crippen molar-refractivity contribution in [3.05, 3.63) is 77.4 Å². The van der Waals surface area contributed by atoms with Crippen molar-refractivity contribution < 1.29 is 28.6 Å². The molecule has 3 N–H and O–H groups in total. The van der Waals surface area contributed by atoms with E-state index in [1.165, 1.54) is 30.3 Å². The molecule has 1 aliphatic rings. The smallest absolute Gasteiger partial charge is 0.347 e. The van der Waals surface area contributed by atoms with E-state index in [0.29, 0.717) is 16.9 Å². The highest BCUT2D eigenvalue weighted by Gasteiger charge is 2.38. The van der Waals surface area contributed by atoms with Gasteiger partial charge in [0.1, 0.15) is 11.5 Å². The minimum Gasteiger partial charge on any atom is -0.461 e. The monoisotopic (exact) mass is 451 g/mol. The number of allylic oxidation sites excluding steroid dienone is 1. The fourth-order valence-corrected chi connectivity index (χ4v) is 3.08. The van der Waals surface area contributed by atoms with E-state index in [2.05, 4.69) is 15.3 Å². The molecule has 0 aliphatic carbocycles. The number of hydrogen-bond donors (Lipinski definition) is 3. The molecule has 3 aromatic rings. The normalized spacial score (nSPS) is 15.3. The number of pyridine rings is 1. The Morgan fingerprint density at radius 3 is 2.79 bits per heavy atom. The summed E-state index contributed by atoms with van der Waals surface area (Å²) >= 11 is 0. The van der Waals surface area contributed by atoms with E-state index in [1.807, 2.05) is 6.07 Å². The van der Waals surface area contributed by atoms with E-state index < -0.39 is 23.0 Å². The predicted octanol–water partition coefficient (Wildman–Crippen LogP) is 3.53. The Labute approximate surface area is 188 Å². The number of H-pyrrole nitrogens is 1. The molecule has 9 heteroatoms. The van der Waals surface area contributed by atoms with Gasteiger partial charge in [-0.15, -0.1) is 0 Å². The first-order valence-corrected chi connectivity index (χ1v) is 10.2. The molecule has 0 atom stereocenters. The van der Waals surface area contributed by atoms with Crippen LogP contribution in [0.15, 0.2) is 66.0 Å². The number of aromatic amines is 1. The van der Waals surface area contributed by atoms with Gasteiger partial charge < -0.3 is 24.9 Å². The fourth-order valence-electron chi connectivity index (χ4n) is 3.08. The number of halogens is 1. The molecule has 8 nitrogen and oxygen atoms in total. The van der Waals surface area contributed by atoms with Gasteiger partial charge in [0.05, 0.1) is 13.2 Å². The molecule has 0 amide bonds. The highest BCUT2D eigenvalue weighted by molar-refractivity contribution is 6.26. The number of fused-ring (bicyclic) bond motifs is 1. The number of Topliss-reactive ketones (excluding diaryl/α,β-unsaturated/α-hetero) is 1. The van der Waals surface area contributed by atoms with E-state index in [-0.39, 0.29) is 30.4 Å². The zero-order valence-electron chi connectivity index (χ0n) is 18.0. The summed E-state index contributed by atoms with van der Waals surface area (Å²) in [6.07, 6.45) is 4.82. The number of ether oxygens (including phenoxy) is 2. The molecule has 0 unspecified atom stereocenters. The summed E-state index contributed by atoms with van der Waals surface area (Å²) in [4.78, 5) is 33.2. The summed E-state index contributed by atoms with van der Waals surface area (Å²) in [5, 5.41) is 13.0. The van der Waals surface area contributed by atoms with Crippen molar-refractivity contribution in [1.82, 2.24) is 9.97 Å². The number of carbonyl (C=O) groups is 2. The SMILES string of the molecule is CC(C)(CO)COC(=O)C1=C(Nc2ccc(F)cc2)O/C(=C\c2c[nH]c3ncccc23)C1=O. The number of nitrogens with one attached hydrogen (secondary N) is 2. The van der Waals surface area contributed by atoms with Gasteiger partial charge in [-0.1, -0.05) is 13.8 Å². The second kappa shape index (κ2) is 8.87. The number of aliphatic hydroxyl groups excluding tert-OH is 1. The van der Waals surface area contributed by atoms with Crippen LogP contribution in [0.1, 0.15) is 19.4 Å².